The van der Waals surface area contributed by atoms with Gasteiger partial charge in [-0.05, 0) is 43.2 Å². The number of aryl methyl sites for hydroxylation is 1. The van der Waals surface area contributed by atoms with E-state index in [0.717, 1.165) is 44.3 Å². The van der Waals surface area contributed by atoms with Crippen LogP contribution in [0.25, 0.3) is 0 Å². The van der Waals surface area contributed by atoms with E-state index in [9.17, 15) is 9.59 Å². The minimum atomic E-state index is -0.411. The number of unbranched alkanes of at least 4 members (excludes halogenated alkanes) is 22. The summed E-state index contributed by atoms with van der Waals surface area (Å²) in [5.74, 6) is 0.831. The van der Waals surface area contributed by atoms with Crippen LogP contribution >= 0.6 is 0 Å². The summed E-state index contributed by atoms with van der Waals surface area (Å²) < 4.78 is 20.4. The molecule has 0 spiro atoms. The fourth-order valence-corrected chi connectivity index (χ4v) is 7.76. The van der Waals surface area contributed by atoms with Gasteiger partial charge in [-0.15, -0.1) is 0 Å². The number of hydrogen-bond donors (Lipinski definition) is 0. The Bertz CT molecular complexity index is 1560. The third-order valence-electron chi connectivity index (χ3n) is 11.3. The number of carbonyl (C=O) groups excluding carboxylic acids is 2. The third kappa shape index (κ3) is 19.8. The van der Waals surface area contributed by atoms with Gasteiger partial charge in [-0.25, -0.2) is 4.57 Å². The Balaban J connectivity index is 1.67. The minimum absolute atomic E-state index is 0.114. The second-order valence-electron chi connectivity index (χ2n) is 16.4. The van der Waals surface area contributed by atoms with Crippen molar-refractivity contribution in [1.82, 2.24) is 4.90 Å². The van der Waals surface area contributed by atoms with E-state index in [2.05, 4.69) is 25.3 Å². The normalized spacial score (nSPS) is 11.1. The molecule has 7 nitrogen and oxygen atoms in total. The molecule has 0 fully saturated rings. The predicted octanol–water partition coefficient (Wildman–Crippen LogP) is 14.0. The number of aromatic nitrogens is 1. The Morgan fingerprint density at radius 3 is 1.53 bits per heavy atom. The Labute approximate surface area is 359 Å². The third-order valence-corrected chi connectivity index (χ3v) is 11.3. The standard InChI is InChI=1S/C52H81N2O5/c1-5-8-10-12-14-16-18-20-22-24-26-32-41-58-49-38-37-45(43-50(49)59-42-33-27-25-23-21-19-17-15-13-11-9-6-2)51(55)54(44-46-34-30-31-40-53(46)39-7-3)52(56)47-35-28-29-36-48(47)57-4/h28-31,34-38,40,43H,5-27,32-33,39,41-42,44H2,1-4H3/q+1. The molecule has 1 heterocycles. The van der Waals surface area contributed by atoms with Crippen molar-refractivity contribution in [2.45, 2.75) is 194 Å². The van der Waals surface area contributed by atoms with Crippen molar-refractivity contribution >= 4 is 11.8 Å². The van der Waals surface area contributed by atoms with Gasteiger partial charge in [0, 0.05) is 24.1 Å². The Hall–Kier alpha value is -3.87. The second-order valence-corrected chi connectivity index (χ2v) is 16.4. The van der Waals surface area contributed by atoms with Crippen LogP contribution in [0.4, 0.5) is 0 Å². The van der Waals surface area contributed by atoms with Gasteiger partial charge in [0.05, 0.1) is 25.9 Å². The van der Waals surface area contributed by atoms with Crippen molar-refractivity contribution in [3.8, 4) is 17.2 Å². The molecule has 0 unspecified atom stereocenters. The van der Waals surface area contributed by atoms with Crippen molar-refractivity contribution < 1.29 is 28.4 Å². The molecule has 0 saturated heterocycles. The van der Waals surface area contributed by atoms with Crippen molar-refractivity contribution in [2.24, 2.45) is 0 Å². The van der Waals surface area contributed by atoms with Gasteiger partial charge in [-0.3, -0.25) is 14.5 Å². The second kappa shape index (κ2) is 32.0. The number of nitrogens with zero attached hydrogens (tertiary/aromatic N) is 2. The van der Waals surface area contributed by atoms with Gasteiger partial charge in [-0.2, -0.15) is 0 Å². The molecular weight excluding hydrogens is 733 g/mol. The van der Waals surface area contributed by atoms with Gasteiger partial charge in [0.1, 0.15) is 18.8 Å². The molecule has 0 aliphatic heterocycles. The number of para-hydroxylation sites is 1. The number of benzene rings is 2. The van der Waals surface area contributed by atoms with E-state index in [1.54, 1.807) is 37.4 Å². The van der Waals surface area contributed by atoms with Gasteiger partial charge < -0.3 is 14.2 Å². The molecule has 2 aromatic carbocycles. The van der Waals surface area contributed by atoms with E-state index in [1.165, 1.54) is 133 Å². The molecule has 0 saturated carbocycles. The number of hydrogen-bond acceptors (Lipinski definition) is 5. The summed E-state index contributed by atoms with van der Waals surface area (Å²) in [6, 6.07) is 18.4. The maximum absolute atomic E-state index is 14.5. The monoisotopic (exact) mass is 814 g/mol. The number of amides is 2. The Morgan fingerprint density at radius 1 is 0.508 bits per heavy atom. The molecule has 0 aliphatic carbocycles. The van der Waals surface area contributed by atoms with Crippen LogP contribution in [0, 0.1) is 0 Å². The molecule has 7 heteroatoms. The maximum Gasteiger partial charge on any atom is 0.265 e. The van der Waals surface area contributed by atoms with Gasteiger partial charge in [0.15, 0.2) is 17.7 Å². The first-order valence-electron chi connectivity index (χ1n) is 23.9. The first-order valence-corrected chi connectivity index (χ1v) is 23.9. The van der Waals surface area contributed by atoms with E-state index >= 15 is 0 Å². The summed E-state index contributed by atoms with van der Waals surface area (Å²) in [5, 5.41) is 0. The quantitative estimate of drug-likeness (QED) is 0.0336. The lowest BCUT2D eigenvalue weighted by Crippen LogP contribution is -2.44. The van der Waals surface area contributed by atoms with E-state index in [1.807, 2.05) is 36.5 Å². The van der Waals surface area contributed by atoms with Gasteiger partial charge in [0.25, 0.3) is 11.8 Å². The summed E-state index contributed by atoms with van der Waals surface area (Å²) in [7, 11) is 1.54. The minimum Gasteiger partial charge on any atom is -0.496 e. The van der Waals surface area contributed by atoms with Crippen molar-refractivity contribution in [1.29, 1.82) is 0 Å². The summed E-state index contributed by atoms with van der Waals surface area (Å²) in [6.07, 6.45) is 33.7. The summed E-state index contributed by atoms with van der Waals surface area (Å²) in [4.78, 5) is 30.1. The van der Waals surface area contributed by atoms with Crippen LogP contribution in [-0.2, 0) is 13.1 Å². The number of ether oxygens (including phenoxy) is 3. The zero-order chi connectivity index (χ0) is 42.2. The van der Waals surface area contributed by atoms with Crippen LogP contribution in [0.3, 0.4) is 0 Å². The number of rotatable bonds is 35. The molecule has 59 heavy (non-hydrogen) atoms. The highest BCUT2D eigenvalue weighted by Gasteiger charge is 2.30. The number of imide groups is 1. The van der Waals surface area contributed by atoms with Crippen molar-refractivity contribution in [3.63, 3.8) is 0 Å². The molecule has 1 aromatic heterocycles. The molecule has 0 radical (unpaired) electrons. The fraction of sp³-hybridized carbons (Fsp3) is 0.635. The van der Waals surface area contributed by atoms with Crippen LogP contribution < -0.4 is 18.8 Å². The molecule has 2 amide bonds. The SMILES string of the molecule is CCCCCCCCCCCCCCOc1ccc(C(=O)N(Cc2cccc[n+]2CCC)C(=O)c2ccccc2OC)cc1OCCCCCCCCCCCCCC. The fourth-order valence-electron chi connectivity index (χ4n) is 7.76. The average molecular weight is 814 g/mol. The van der Waals surface area contributed by atoms with Crippen LogP contribution in [-0.4, -0.2) is 37.0 Å². The van der Waals surface area contributed by atoms with E-state index in [-0.39, 0.29) is 6.54 Å². The maximum atomic E-state index is 14.5. The Kier molecular flexibility index (Phi) is 26.8. The molecule has 0 aliphatic rings. The summed E-state index contributed by atoms with van der Waals surface area (Å²) in [5.41, 5.74) is 1.59. The van der Waals surface area contributed by atoms with E-state index in [0.29, 0.717) is 41.6 Å². The summed E-state index contributed by atoms with van der Waals surface area (Å²) >= 11 is 0. The molecule has 0 atom stereocenters. The lowest BCUT2D eigenvalue weighted by Gasteiger charge is -2.22. The molecular formula is C52H81N2O5+. The molecule has 3 aromatic rings. The number of pyridine rings is 1. The molecule has 3 rings (SSSR count). The summed E-state index contributed by atoms with van der Waals surface area (Å²) in [6.45, 7) is 8.71. The van der Waals surface area contributed by atoms with Crippen LogP contribution in [0.2, 0.25) is 0 Å². The van der Waals surface area contributed by atoms with Gasteiger partial charge in [-0.1, -0.05) is 180 Å². The Morgan fingerprint density at radius 2 is 1.00 bits per heavy atom. The lowest BCUT2D eigenvalue weighted by molar-refractivity contribution is -0.704. The van der Waals surface area contributed by atoms with Gasteiger partial charge in [0.2, 0.25) is 5.69 Å². The zero-order valence-corrected chi connectivity index (χ0v) is 37.8. The number of methoxy groups -OCH3 is 1. The molecule has 0 N–H and O–H groups in total. The highest BCUT2D eigenvalue weighted by Crippen LogP contribution is 2.31. The highest BCUT2D eigenvalue weighted by molar-refractivity contribution is 6.11. The topological polar surface area (TPSA) is 69.0 Å². The lowest BCUT2D eigenvalue weighted by atomic mass is 10.1. The smallest absolute Gasteiger partial charge is 0.265 e. The van der Waals surface area contributed by atoms with Crippen LogP contribution in [0.5, 0.6) is 17.2 Å². The van der Waals surface area contributed by atoms with Gasteiger partial charge >= 0.3 is 0 Å². The predicted molar refractivity (Wildman–Crippen MR) is 244 cm³/mol. The largest absolute Gasteiger partial charge is 0.496 e. The zero-order valence-electron chi connectivity index (χ0n) is 37.8. The highest BCUT2D eigenvalue weighted by atomic mass is 16.5. The van der Waals surface area contributed by atoms with Crippen LogP contribution in [0.15, 0.2) is 66.9 Å². The van der Waals surface area contributed by atoms with E-state index in [4.69, 9.17) is 14.2 Å². The molecule has 328 valence electrons. The van der Waals surface area contributed by atoms with Crippen LogP contribution in [0.1, 0.15) is 208 Å². The first kappa shape index (κ1) is 49.5. The molecule has 0 bridgehead atoms. The number of carbonyl (C=O) groups is 2. The average Bonchev–Trinajstić information content (AvgIpc) is 3.26. The van der Waals surface area contributed by atoms with Crippen molar-refractivity contribution in [2.75, 3.05) is 20.3 Å². The van der Waals surface area contributed by atoms with Crippen molar-refractivity contribution in [3.05, 3.63) is 83.7 Å². The van der Waals surface area contributed by atoms with E-state index < -0.39 is 11.8 Å². The first-order chi connectivity index (χ1) is 29.0.